The molecule has 1 aliphatic rings. The molecule has 0 aromatic heterocycles. The molecule has 0 fully saturated rings. The molecule has 0 aliphatic heterocycles. The highest BCUT2D eigenvalue weighted by Crippen LogP contribution is 2.38. The van der Waals surface area contributed by atoms with Crippen LogP contribution in [0.2, 0.25) is 0 Å². The van der Waals surface area contributed by atoms with E-state index in [1.165, 1.54) is 18.2 Å². The summed E-state index contributed by atoms with van der Waals surface area (Å²) in [6.07, 6.45) is -0.330. The second-order valence-corrected chi connectivity index (χ2v) is 6.22. The fourth-order valence-corrected chi connectivity index (χ4v) is 3.24. The number of alkyl halides is 1. The van der Waals surface area contributed by atoms with Crippen LogP contribution in [0.4, 0.5) is 8.78 Å². The lowest BCUT2D eigenvalue weighted by molar-refractivity contribution is -0.00152. The minimum absolute atomic E-state index is 0.241. The minimum atomic E-state index is -1.58. The number of hydrogen-bond donors (Lipinski definition) is 1. The predicted molar refractivity (Wildman–Crippen MR) is 88.9 cm³/mol. The average molecular weight is 333 g/mol. The lowest BCUT2D eigenvalue weighted by Gasteiger charge is -2.30. The quantitative estimate of drug-likeness (QED) is 0.849. The molecule has 0 spiro atoms. The van der Waals surface area contributed by atoms with E-state index in [2.05, 4.69) is 5.32 Å². The van der Waals surface area contributed by atoms with Crippen LogP contribution in [-0.2, 0) is 12.8 Å². The van der Waals surface area contributed by atoms with Crippen molar-refractivity contribution in [1.82, 2.24) is 5.32 Å². The van der Waals surface area contributed by atoms with E-state index in [9.17, 15) is 4.39 Å². The van der Waals surface area contributed by atoms with E-state index in [1.54, 1.807) is 21.1 Å². The first kappa shape index (κ1) is 16.7. The van der Waals surface area contributed by atoms with E-state index in [1.807, 2.05) is 18.2 Å². The molecule has 0 bridgehead atoms. The molecule has 2 aromatic rings. The van der Waals surface area contributed by atoms with Crippen LogP contribution in [0.25, 0.3) is 0 Å². The van der Waals surface area contributed by atoms with Gasteiger partial charge in [0.2, 0.25) is 0 Å². The second kappa shape index (κ2) is 6.40. The Morgan fingerprint density at radius 1 is 1.12 bits per heavy atom. The number of ether oxygens (including phenoxy) is 2. The van der Waals surface area contributed by atoms with Gasteiger partial charge in [-0.15, -0.1) is 0 Å². The molecule has 2 aromatic carbocycles. The summed E-state index contributed by atoms with van der Waals surface area (Å²) in [4.78, 5) is 0. The molecule has 3 nitrogen and oxygen atoms in total. The molecule has 0 amide bonds. The van der Waals surface area contributed by atoms with Gasteiger partial charge in [0, 0.05) is 12.8 Å². The molecule has 0 radical (unpaired) electrons. The van der Waals surface area contributed by atoms with Gasteiger partial charge in [-0.3, -0.25) is 5.32 Å². The highest BCUT2D eigenvalue weighted by Gasteiger charge is 2.45. The summed E-state index contributed by atoms with van der Waals surface area (Å²) in [6.45, 7) is 1.74. The summed E-state index contributed by atoms with van der Waals surface area (Å²) in [5, 5.41) is 2.92. The highest BCUT2D eigenvalue weighted by molar-refractivity contribution is 5.42. The van der Waals surface area contributed by atoms with Gasteiger partial charge in [0.25, 0.3) is 0 Å². The van der Waals surface area contributed by atoms with E-state index in [0.717, 1.165) is 11.1 Å². The van der Waals surface area contributed by atoms with Crippen LogP contribution in [0.15, 0.2) is 36.4 Å². The third kappa shape index (κ3) is 3.08. The monoisotopic (exact) mass is 333 g/mol. The molecule has 0 heterocycles. The number of nitrogens with one attached hydrogen (secondary N) is 1. The standard InChI is InChI=1S/C19H21F2NO2/c1-12-8-15(20)5-7-17(12)24-18(22-2)19(21)10-13-4-6-16(23-3)9-14(13)11-19/h4-9,18,22H,10-11H2,1-3H3. The summed E-state index contributed by atoms with van der Waals surface area (Å²) in [5.41, 5.74) is 0.940. The number of aryl methyl sites for hydroxylation is 1. The van der Waals surface area contributed by atoms with Gasteiger partial charge in [-0.05, 0) is 61.0 Å². The fourth-order valence-electron chi connectivity index (χ4n) is 3.24. The van der Waals surface area contributed by atoms with Crippen LogP contribution >= 0.6 is 0 Å². The number of fused-ring (bicyclic) bond motifs is 1. The van der Waals surface area contributed by atoms with Gasteiger partial charge in [-0.2, -0.15) is 0 Å². The molecule has 2 unspecified atom stereocenters. The van der Waals surface area contributed by atoms with Crippen LogP contribution in [0, 0.1) is 12.7 Å². The number of halogens is 2. The first-order valence-corrected chi connectivity index (χ1v) is 7.90. The van der Waals surface area contributed by atoms with E-state index < -0.39 is 11.9 Å². The maximum atomic E-state index is 15.6. The predicted octanol–water partition coefficient (Wildman–Crippen LogP) is 3.57. The van der Waals surface area contributed by atoms with Crippen LogP contribution in [0.1, 0.15) is 16.7 Å². The van der Waals surface area contributed by atoms with E-state index in [-0.39, 0.29) is 18.7 Å². The maximum Gasteiger partial charge on any atom is 0.184 e. The first-order chi connectivity index (χ1) is 11.4. The molecule has 5 heteroatoms. The zero-order chi connectivity index (χ0) is 17.3. The highest BCUT2D eigenvalue weighted by atomic mass is 19.1. The van der Waals surface area contributed by atoms with Crippen LogP contribution in [0.3, 0.4) is 0 Å². The molecular formula is C19H21F2NO2. The Labute approximate surface area is 140 Å². The molecule has 0 saturated carbocycles. The van der Waals surface area contributed by atoms with Crippen LogP contribution < -0.4 is 14.8 Å². The molecule has 2 atom stereocenters. The number of methoxy groups -OCH3 is 1. The van der Waals surface area contributed by atoms with Crippen LogP contribution in [0.5, 0.6) is 11.5 Å². The number of benzene rings is 2. The van der Waals surface area contributed by atoms with Crippen molar-refractivity contribution in [2.45, 2.75) is 31.7 Å². The Hall–Kier alpha value is -2.14. The topological polar surface area (TPSA) is 30.5 Å². The van der Waals surface area contributed by atoms with Crippen molar-refractivity contribution in [3.8, 4) is 11.5 Å². The normalized spacial score (nSPS) is 20.5. The van der Waals surface area contributed by atoms with Crippen molar-refractivity contribution in [2.75, 3.05) is 14.2 Å². The zero-order valence-corrected chi connectivity index (χ0v) is 14.0. The molecule has 24 heavy (non-hydrogen) atoms. The molecular weight excluding hydrogens is 312 g/mol. The lowest BCUT2D eigenvalue weighted by atomic mass is 10.00. The van der Waals surface area contributed by atoms with Gasteiger partial charge in [-0.1, -0.05) is 6.07 Å². The molecule has 1 aliphatic carbocycles. The van der Waals surface area contributed by atoms with E-state index in [4.69, 9.17) is 9.47 Å². The summed E-state index contributed by atoms with van der Waals surface area (Å²) in [7, 11) is 3.25. The molecule has 1 N–H and O–H groups in total. The van der Waals surface area contributed by atoms with Crippen LogP contribution in [-0.4, -0.2) is 26.1 Å². The largest absolute Gasteiger partial charge is 0.497 e. The van der Waals surface area contributed by atoms with Crippen molar-refractivity contribution in [1.29, 1.82) is 0 Å². The zero-order valence-electron chi connectivity index (χ0n) is 14.0. The molecule has 3 rings (SSSR count). The Kier molecular flexibility index (Phi) is 4.45. The second-order valence-electron chi connectivity index (χ2n) is 6.22. The van der Waals surface area contributed by atoms with Gasteiger partial charge < -0.3 is 9.47 Å². The van der Waals surface area contributed by atoms with E-state index in [0.29, 0.717) is 17.1 Å². The summed E-state index contributed by atoms with van der Waals surface area (Å²) in [5.74, 6) is 0.854. The van der Waals surface area contributed by atoms with Crippen molar-refractivity contribution < 1.29 is 18.3 Å². The number of hydrogen-bond acceptors (Lipinski definition) is 3. The Balaban J connectivity index is 1.83. The minimum Gasteiger partial charge on any atom is -0.497 e. The molecule has 0 saturated heterocycles. The van der Waals surface area contributed by atoms with Crippen molar-refractivity contribution in [3.63, 3.8) is 0 Å². The smallest absolute Gasteiger partial charge is 0.184 e. The SMILES string of the molecule is CNC(Oc1ccc(F)cc1C)C1(F)Cc2ccc(OC)cc2C1. The lowest BCUT2D eigenvalue weighted by Crippen LogP contribution is -2.51. The van der Waals surface area contributed by atoms with Crippen molar-refractivity contribution in [3.05, 3.63) is 58.9 Å². The summed E-state index contributed by atoms with van der Waals surface area (Å²) in [6, 6.07) is 9.82. The Bertz CT molecular complexity index is 750. The van der Waals surface area contributed by atoms with Gasteiger partial charge in [-0.25, -0.2) is 8.78 Å². The van der Waals surface area contributed by atoms with Gasteiger partial charge in [0.1, 0.15) is 17.3 Å². The van der Waals surface area contributed by atoms with Gasteiger partial charge in [0.15, 0.2) is 11.9 Å². The van der Waals surface area contributed by atoms with Crippen molar-refractivity contribution >= 4 is 0 Å². The Morgan fingerprint density at radius 3 is 2.54 bits per heavy atom. The third-order valence-electron chi connectivity index (χ3n) is 4.50. The Morgan fingerprint density at radius 2 is 1.88 bits per heavy atom. The van der Waals surface area contributed by atoms with Gasteiger partial charge in [0.05, 0.1) is 7.11 Å². The fraction of sp³-hybridized carbons (Fsp3) is 0.368. The maximum absolute atomic E-state index is 15.6. The summed E-state index contributed by atoms with van der Waals surface area (Å²) < 4.78 is 39.9. The number of rotatable bonds is 5. The summed E-state index contributed by atoms with van der Waals surface area (Å²) >= 11 is 0. The van der Waals surface area contributed by atoms with Crippen molar-refractivity contribution in [2.24, 2.45) is 0 Å². The van der Waals surface area contributed by atoms with E-state index >= 15 is 4.39 Å². The van der Waals surface area contributed by atoms with Gasteiger partial charge >= 0.3 is 0 Å². The average Bonchev–Trinajstić information content (AvgIpc) is 2.90. The first-order valence-electron chi connectivity index (χ1n) is 7.90. The molecule has 128 valence electrons. The third-order valence-corrected chi connectivity index (χ3v) is 4.50.